The fourth-order valence-electron chi connectivity index (χ4n) is 7.43. The van der Waals surface area contributed by atoms with Crippen LogP contribution in [0.15, 0.2) is 61.4 Å². The van der Waals surface area contributed by atoms with Gasteiger partial charge in [-0.05, 0) is 55.5 Å². The number of hydrogen-bond acceptors (Lipinski definition) is 10. The highest BCUT2D eigenvalue weighted by Crippen LogP contribution is 2.41. The number of benzene rings is 2. The number of anilines is 5. The van der Waals surface area contributed by atoms with E-state index in [1.54, 1.807) is 7.11 Å². The van der Waals surface area contributed by atoms with Gasteiger partial charge in [-0.2, -0.15) is 0 Å². The van der Waals surface area contributed by atoms with Crippen LogP contribution in [0.25, 0.3) is 0 Å². The second-order valence-corrected chi connectivity index (χ2v) is 13.5. The summed E-state index contributed by atoms with van der Waals surface area (Å²) in [5.74, 6) is 1.58. The number of carbonyl (C=O) groups is 1. The average molecular weight is 673 g/mol. The molecule has 12 heteroatoms. The van der Waals surface area contributed by atoms with E-state index in [-0.39, 0.29) is 11.9 Å². The van der Waals surface area contributed by atoms with Crippen molar-refractivity contribution in [2.75, 3.05) is 73.6 Å². The SMILES string of the molecule is C=CC(=O)Nc1cc(Nc2cc(N3OCC[C@@H]3c3ccc(Cl)cc3)ncn2)c(OC)cc1N1CCC(N2CCN(C3CCC3)CC2)CC1. The van der Waals surface area contributed by atoms with Crippen LogP contribution in [0.3, 0.4) is 0 Å². The molecule has 4 fully saturated rings. The van der Waals surface area contributed by atoms with E-state index >= 15 is 0 Å². The fraction of sp³-hybridized carbons (Fsp3) is 0.472. The number of halogens is 1. The summed E-state index contributed by atoms with van der Waals surface area (Å²) in [5.41, 5.74) is 3.39. The van der Waals surface area contributed by atoms with E-state index in [0.29, 0.717) is 46.4 Å². The van der Waals surface area contributed by atoms with Crippen LogP contribution in [0.4, 0.5) is 28.7 Å². The maximum atomic E-state index is 12.6. The molecule has 48 heavy (non-hydrogen) atoms. The molecule has 11 nitrogen and oxygen atoms in total. The number of carbonyl (C=O) groups excluding carboxylic acids is 1. The van der Waals surface area contributed by atoms with Gasteiger partial charge < -0.3 is 20.3 Å². The van der Waals surface area contributed by atoms with Crippen molar-refractivity contribution in [1.29, 1.82) is 0 Å². The highest BCUT2D eigenvalue weighted by Gasteiger charge is 2.33. The van der Waals surface area contributed by atoms with Gasteiger partial charge in [-0.1, -0.05) is 36.7 Å². The first kappa shape index (κ1) is 32.6. The zero-order valence-corrected chi connectivity index (χ0v) is 28.4. The number of hydroxylamine groups is 1. The number of nitrogens with one attached hydrogen (secondary N) is 2. The predicted molar refractivity (Wildman–Crippen MR) is 190 cm³/mol. The van der Waals surface area contributed by atoms with E-state index in [4.69, 9.17) is 21.2 Å². The molecule has 4 aliphatic rings. The zero-order valence-electron chi connectivity index (χ0n) is 27.6. The van der Waals surface area contributed by atoms with Crippen molar-refractivity contribution in [1.82, 2.24) is 19.8 Å². The Morgan fingerprint density at radius 1 is 0.938 bits per heavy atom. The van der Waals surface area contributed by atoms with Gasteiger partial charge in [-0.25, -0.2) is 15.0 Å². The van der Waals surface area contributed by atoms with Crippen LogP contribution in [0.1, 0.15) is 50.1 Å². The molecule has 3 aliphatic heterocycles. The molecule has 0 radical (unpaired) electrons. The van der Waals surface area contributed by atoms with E-state index in [0.717, 1.165) is 62.7 Å². The molecule has 4 heterocycles. The summed E-state index contributed by atoms with van der Waals surface area (Å²) >= 11 is 6.13. The molecule has 1 aliphatic carbocycles. The Morgan fingerprint density at radius 3 is 2.29 bits per heavy atom. The number of ether oxygens (including phenoxy) is 1. The van der Waals surface area contributed by atoms with E-state index in [9.17, 15) is 4.79 Å². The molecule has 0 spiro atoms. The van der Waals surface area contributed by atoms with Crippen molar-refractivity contribution in [3.05, 3.63) is 72.0 Å². The summed E-state index contributed by atoms with van der Waals surface area (Å²) in [6.07, 6.45) is 9.93. The number of amides is 1. The summed E-state index contributed by atoms with van der Waals surface area (Å²) in [6.45, 7) is 10.8. The third kappa shape index (κ3) is 7.10. The molecule has 1 aromatic heterocycles. The van der Waals surface area contributed by atoms with Crippen molar-refractivity contribution in [3.8, 4) is 5.75 Å². The molecule has 1 saturated carbocycles. The van der Waals surface area contributed by atoms with Gasteiger partial charge in [0.05, 0.1) is 36.8 Å². The minimum absolute atomic E-state index is 0.000587. The van der Waals surface area contributed by atoms with E-state index < -0.39 is 0 Å². The van der Waals surface area contributed by atoms with Gasteiger partial charge >= 0.3 is 0 Å². The summed E-state index contributed by atoms with van der Waals surface area (Å²) in [4.78, 5) is 35.4. The molecule has 7 rings (SSSR count). The second-order valence-electron chi connectivity index (χ2n) is 13.0. The van der Waals surface area contributed by atoms with Gasteiger partial charge in [0.25, 0.3) is 0 Å². The van der Waals surface area contributed by atoms with Crippen LogP contribution in [-0.4, -0.2) is 90.7 Å². The first-order valence-electron chi connectivity index (χ1n) is 17.1. The Balaban J connectivity index is 1.07. The Morgan fingerprint density at radius 2 is 1.65 bits per heavy atom. The topological polar surface area (TPSA) is 98.3 Å². The van der Waals surface area contributed by atoms with Gasteiger partial charge in [-0.15, -0.1) is 0 Å². The number of methoxy groups -OCH3 is 1. The minimum atomic E-state index is -0.268. The summed E-state index contributed by atoms with van der Waals surface area (Å²) in [7, 11) is 1.65. The summed E-state index contributed by atoms with van der Waals surface area (Å²) in [5, 5.41) is 8.96. The predicted octanol–water partition coefficient (Wildman–Crippen LogP) is 6.03. The van der Waals surface area contributed by atoms with Crippen LogP contribution in [0.2, 0.25) is 5.02 Å². The highest BCUT2D eigenvalue weighted by molar-refractivity contribution is 6.30. The molecule has 254 valence electrons. The lowest BCUT2D eigenvalue weighted by Gasteiger charge is -2.46. The highest BCUT2D eigenvalue weighted by atomic mass is 35.5. The maximum Gasteiger partial charge on any atom is 0.247 e. The molecule has 0 bridgehead atoms. The van der Waals surface area contributed by atoms with Gasteiger partial charge in [0, 0.05) is 74.9 Å². The minimum Gasteiger partial charge on any atom is -0.494 e. The van der Waals surface area contributed by atoms with Crippen LogP contribution in [-0.2, 0) is 9.63 Å². The number of nitrogens with zero attached hydrogens (tertiary/aromatic N) is 6. The van der Waals surface area contributed by atoms with Gasteiger partial charge in [-0.3, -0.25) is 19.4 Å². The smallest absolute Gasteiger partial charge is 0.247 e. The largest absolute Gasteiger partial charge is 0.494 e. The van der Waals surface area contributed by atoms with Gasteiger partial charge in [0.1, 0.15) is 17.9 Å². The first-order valence-corrected chi connectivity index (χ1v) is 17.5. The molecule has 2 N–H and O–H groups in total. The third-order valence-electron chi connectivity index (χ3n) is 10.3. The fourth-order valence-corrected chi connectivity index (χ4v) is 7.56. The lowest BCUT2D eigenvalue weighted by atomic mass is 9.91. The molecule has 0 unspecified atom stereocenters. The molecular weight excluding hydrogens is 628 g/mol. The number of hydrogen-bond donors (Lipinski definition) is 2. The zero-order chi connectivity index (χ0) is 33.0. The molecule has 1 atom stereocenters. The normalized spacial score (nSPS) is 21.2. The van der Waals surface area contributed by atoms with Crippen LogP contribution >= 0.6 is 11.6 Å². The molecule has 3 aromatic rings. The summed E-state index contributed by atoms with van der Waals surface area (Å²) in [6, 6.07) is 15.0. The van der Waals surface area contributed by atoms with E-state index in [1.807, 2.05) is 47.5 Å². The average Bonchev–Trinajstić information content (AvgIpc) is 3.59. The van der Waals surface area contributed by atoms with Crippen molar-refractivity contribution in [2.45, 2.75) is 56.7 Å². The number of piperazine rings is 1. The second kappa shape index (κ2) is 14.7. The summed E-state index contributed by atoms with van der Waals surface area (Å²) < 4.78 is 5.89. The molecule has 1 amide bonds. The lowest BCUT2D eigenvalue weighted by Crippen LogP contribution is -2.56. The molecule has 2 aromatic carbocycles. The van der Waals surface area contributed by atoms with Gasteiger partial charge in [0.2, 0.25) is 5.91 Å². The number of aromatic nitrogens is 2. The standard InChI is InChI=1S/C36H45ClN8O3/c1-3-36(46)41-29-21-30(40-34-23-35(39-24-38-34)45-31(13-20-48-45)25-7-9-26(37)10-8-25)33(47-2)22-32(29)44-14-11-28(12-15-44)43-18-16-42(17-19-43)27-5-4-6-27/h3,7-10,21-24,27-28,31H,1,4-6,11-20H2,2H3,(H,41,46)(H,38,39,40)/t31-/m1/s1. The monoisotopic (exact) mass is 672 g/mol. The Bertz CT molecular complexity index is 1590. The maximum absolute atomic E-state index is 12.6. The lowest BCUT2D eigenvalue weighted by molar-refractivity contribution is -0.111. The Hall–Kier alpha value is -3.90. The van der Waals surface area contributed by atoms with E-state index in [2.05, 4.69) is 41.9 Å². The van der Waals surface area contributed by atoms with Crippen molar-refractivity contribution >= 4 is 46.2 Å². The van der Waals surface area contributed by atoms with Crippen molar-refractivity contribution in [2.24, 2.45) is 0 Å². The van der Waals surface area contributed by atoms with Crippen molar-refractivity contribution in [3.63, 3.8) is 0 Å². The van der Waals surface area contributed by atoms with Gasteiger partial charge in [0.15, 0.2) is 5.82 Å². The first-order chi connectivity index (χ1) is 23.5. The Kier molecular flexibility index (Phi) is 9.99. The van der Waals surface area contributed by atoms with Crippen LogP contribution in [0, 0.1) is 0 Å². The quantitative estimate of drug-likeness (QED) is 0.249. The van der Waals surface area contributed by atoms with Crippen LogP contribution < -0.4 is 25.3 Å². The molecular formula is C36H45ClN8O3. The number of piperidine rings is 1. The Labute approximate surface area is 287 Å². The van der Waals surface area contributed by atoms with Crippen LogP contribution in [0.5, 0.6) is 5.75 Å². The van der Waals surface area contributed by atoms with E-state index in [1.165, 1.54) is 44.8 Å². The molecule has 3 saturated heterocycles. The number of rotatable bonds is 10. The van der Waals surface area contributed by atoms with Crippen molar-refractivity contribution < 1.29 is 14.4 Å². The third-order valence-corrected chi connectivity index (χ3v) is 10.6.